The third-order valence-electron chi connectivity index (χ3n) is 2.65. The van der Waals surface area contributed by atoms with E-state index < -0.39 is 0 Å². The number of ether oxygens (including phenoxy) is 2. The van der Waals surface area contributed by atoms with E-state index in [0.717, 1.165) is 25.8 Å². The van der Waals surface area contributed by atoms with Crippen molar-refractivity contribution < 1.29 is 9.47 Å². The molecule has 1 rings (SSSR count). The van der Waals surface area contributed by atoms with Crippen LogP contribution in [0.4, 0.5) is 0 Å². The lowest BCUT2D eigenvalue weighted by Crippen LogP contribution is -2.30. The van der Waals surface area contributed by atoms with E-state index >= 15 is 0 Å². The molecular weight excluding hydrogens is 166 g/mol. The Hall–Kier alpha value is -0.120. The maximum Gasteiger partial charge on any atom is 0.0700 e. The Labute approximate surface area is 81.0 Å². The molecule has 1 aliphatic rings. The molecule has 0 aliphatic carbocycles. The van der Waals surface area contributed by atoms with E-state index in [0.29, 0.717) is 6.61 Å². The average Bonchev–Trinajstić information content (AvgIpc) is 2.52. The molecule has 78 valence electrons. The summed E-state index contributed by atoms with van der Waals surface area (Å²) in [7, 11) is 1.70. The summed E-state index contributed by atoms with van der Waals surface area (Å²) in [6, 6.07) is 0.756. The summed E-state index contributed by atoms with van der Waals surface area (Å²) in [6.45, 7) is 6.88. The maximum atomic E-state index is 5.42. The van der Waals surface area contributed by atoms with Gasteiger partial charge >= 0.3 is 0 Å². The molecule has 0 spiro atoms. The van der Waals surface area contributed by atoms with Crippen LogP contribution in [-0.2, 0) is 9.47 Å². The molecule has 0 radical (unpaired) electrons. The number of hydrogen-bond acceptors (Lipinski definition) is 3. The first-order valence-electron chi connectivity index (χ1n) is 5.15. The van der Waals surface area contributed by atoms with Crippen LogP contribution in [0.5, 0.6) is 0 Å². The minimum Gasteiger partial charge on any atom is -0.382 e. The van der Waals surface area contributed by atoms with E-state index in [1.165, 1.54) is 19.4 Å². The predicted octanol–water partition coefficient (Wildman–Crippen LogP) is 1.13. The Balaban J connectivity index is 1.93. The largest absolute Gasteiger partial charge is 0.382 e. The van der Waals surface area contributed by atoms with Gasteiger partial charge in [-0.1, -0.05) is 0 Å². The molecule has 0 bridgehead atoms. The zero-order valence-corrected chi connectivity index (χ0v) is 8.79. The molecule has 0 amide bonds. The van der Waals surface area contributed by atoms with Crippen molar-refractivity contribution in [2.24, 2.45) is 0 Å². The van der Waals surface area contributed by atoms with Crippen LogP contribution >= 0.6 is 0 Å². The molecule has 1 unspecified atom stereocenters. The van der Waals surface area contributed by atoms with Gasteiger partial charge in [-0.3, -0.25) is 4.90 Å². The van der Waals surface area contributed by atoms with Crippen LogP contribution in [0.25, 0.3) is 0 Å². The minimum absolute atomic E-state index is 0.704. The minimum atomic E-state index is 0.704. The fourth-order valence-electron chi connectivity index (χ4n) is 1.75. The van der Waals surface area contributed by atoms with Crippen LogP contribution < -0.4 is 0 Å². The van der Waals surface area contributed by atoms with Gasteiger partial charge in [-0.15, -0.1) is 0 Å². The molecule has 1 atom stereocenters. The molecule has 3 heteroatoms. The highest BCUT2D eigenvalue weighted by Gasteiger charge is 2.18. The quantitative estimate of drug-likeness (QED) is 0.582. The number of hydrogen-bond donors (Lipinski definition) is 0. The van der Waals surface area contributed by atoms with Crippen molar-refractivity contribution in [1.29, 1.82) is 0 Å². The van der Waals surface area contributed by atoms with Gasteiger partial charge < -0.3 is 9.47 Å². The fraction of sp³-hybridized carbons (Fsp3) is 1.00. The van der Waals surface area contributed by atoms with Gasteiger partial charge in [-0.05, 0) is 26.3 Å². The SMILES string of the molecule is COCCOCCN1CCCC1C. The molecular formula is C10H21NO2. The van der Waals surface area contributed by atoms with Crippen molar-refractivity contribution in [1.82, 2.24) is 4.90 Å². The van der Waals surface area contributed by atoms with Gasteiger partial charge in [0.1, 0.15) is 0 Å². The average molecular weight is 187 g/mol. The number of methoxy groups -OCH3 is 1. The lowest BCUT2D eigenvalue weighted by Gasteiger charge is -2.20. The molecule has 1 heterocycles. The Bertz CT molecular complexity index is 130. The van der Waals surface area contributed by atoms with Gasteiger partial charge in [0, 0.05) is 19.7 Å². The van der Waals surface area contributed by atoms with Crippen LogP contribution in [0.3, 0.4) is 0 Å². The summed E-state index contributed by atoms with van der Waals surface area (Å²) in [5, 5.41) is 0. The lowest BCUT2D eigenvalue weighted by molar-refractivity contribution is 0.0563. The lowest BCUT2D eigenvalue weighted by atomic mass is 10.2. The van der Waals surface area contributed by atoms with Crippen molar-refractivity contribution in [3.05, 3.63) is 0 Å². The van der Waals surface area contributed by atoms with Crippen LogP contribution in [0.2, 0.25) is 0 Å². The van der Waals surface area contributed by atoms with Gasteiger partial charge in [-0.25, -0.2) is 0 Å². The van der Waals surface area contributed by atoms with Crippen molar-refractivity contribution in [2.75, 3.05) is 40.0 Å². The summed E-state index contributed by atoms with van der Waals surface area (Å²) in [4.78, 5) is 2.49. The highest BCUT2D eigenvalue weighted by Crippen LogP contribution is 2.15. The Morgan fingerprint density at radius 2 is 2.15 bits per heavy atom. The summed E-state index contributed by atoms with van der Waals surface area (Å²) >= 11 is 0. The highest BCUT2D eigenvalue weighted by atomic mass is 16.5. The van der Waals surface area contributed by atoms with E-state index in [1.807, 2.05) is 0 Å². The molecule has 0 N–H and O–H groups in total. The molecule has 0 aromatic rings. The smallest absolute Gasteiger partial charge is 0.0700 e. The monoisotopic (exact) mass is 187 g/mol. The van der Waals surface area contributed by atoms with Gasteiger partial charge in [0.2, 0.25) is 0 Å². The van der Waals surface area contributed by atoms with Crippen molar-refractivity contribution in [2.45, 2.75) is 25.8 Å². The topological polar surface area (TPSA) is 21.7 Å². The first-order chi connectivity index (χ1) is 6.34. The Morgan fingerprint density at radius 3 is 2.77 bits per heavy atom. The Kier molecular flexibility index (Phi) is 5.35. The molecule has 0 aromatic heterocycles. The standard InChI is InChI=1S/C10H21NO2/c1-10-4-3-5-11(10)6-7-13-9-8-12-2/h10H,3-9H2,1-2H3. The summed E-state index contributed by atoms with van der Waals surface area (Å²) in [5.74, 6) is 0. The number of nitrogens with zero attached hydrogens (tertiary/aromatic N) is 1. The molecule has 0 saturated carbocycles. The molecule has 13 heavy (non-hydrogen) atoms. The predicted molar refractivity (Wildman–Crippen MR) is 53.0 cm³/mol. The normalized spacial score (nSPS) is 24.0. The summed E-state index contributed by atoms with van der Waals surface area (Å²) in [5.41, 5.74) is 0. The van der Waals surface area contributed by atoms with E-state index in [2.05, 4.69) is 11.8 Å². The van der Waals surface area contributed by atoms with Crippen LogP contribution in [-0.4, -0.2) is 51.0 Å². The van der Waals surface area contributed by atoms with Crippen molar-refractivity contribution >= 4 is 0 Å². The number of rotatable bonds is 6. The van der Waals surface area contributed by atoms with Crippen LogP contribution in [0, 0.1) is 0 Å². The van der Waals surface area contributed by atoms with E-state index in [4.69, 9.17) is 9.47 Å². The molecule has 1 saturated heterocycles. The molecule has 1 aliphatic heterocycles. The second-order valence-electron chi connectivity index (χ2n) is 3.63. The third-order valence-corrected chi connectivity index (χ3v) is 2.65. The first-order valence-corrected chi connectivity index (χ1v) is 5.15. The molecule has 1 fully saturated rings. The van der Waals surface area contributed by atoms with Crippen molar-refractivity contribution in [3.8, 4) is 0 Å². The number of likely N-dealkylation sites (tertiary alicyclic amines) is 1. The van der Waals surface area contributed by atoms with Gasteiger partial charge in [0.25, 0.3) is 0 Å². The van der Waals surface area contributed by atoms with Gasteiger partial charge in [0.15, 0.2) is 0 Å². The first kappa shape index (κ1) is 11.0. The van der Waals surface area contributed by atoms with E-state index in [1.54, 1.807) is 7.11 Å². The van der Waals surface area contributed by atoms with E-state index in [9.17, 15) is 0 Å². The zero-order valence-electron chi connectivity index (χ0n) is 8.79. The van der Waals surface area contributed by atoms with Gasteiger partial charge in [-0.2, -0.15) is 0 Å². The zero-order chi connectivity index (χ0) is 9.52. The molecule has 0 aromatic carbocycles. The summed E-state index contributed by atoms with van der Waals surface area (Å²) in [6.07, 6.45) is 2.69. The highest BCUT2D eigenvalue weighted by molar-refractivity contribution is 4.74. The van der Waals surface area contributed by atoms with Crippen LogP contribution in [0.15, 0.2) is 0 Å². The second-order valence-corrected chi connectivity index (χ2v) is 3.63. The second kappa shape index (κ2) is 6.35. The summed E-state index contributed by atoms with van der Waals surface area (Å²) < 4.78 is 10.3. The third kappa shape index (κ3) is 4.07. The molecule has 3 nitrogen and oxygen atoms in total. The van der Waals surface area contributed by atoms with Crippen LogP contribution in [0.1, 0.15) is 19.8 Å². The van der Waals surface area contributed by atoms with Crippen molar-refractivity contribution in [3.63, 3.8) is 0 Å². The van der Waals surface area contributed by atoms with E-state index in [-0.39, 0.29) is 0 Å². The van der Waals surface area contributed by atoms with Gasteiger partial charge in [0.05, 0.1) is 19.8 Å². The fourth-order valence-corrected chi connectivity index (χ4v) is 1.75. The Morgan fingerprint density at radius 1 is 1.31 bits per heavy atom. The maximum absolute atomic E-state index is 5.42.